The fraction of sp³-hybridized carbons (Fsp3) is 0.500. The van der Waals surface area contributed by atoms with Crippen molar-refractivity contribution in [2.24, 2.45) is 5.73 Å². The van der Waals surface area contributed by atoms with E-state index >= 15 is 0 Å². The van der Waals surface area contributed by atoms with Crippen molar-refractivity contribution < 1.29 is 4.39 Å². The van der Waals surface area contributed by atoms with E-state index in [1.165, 1.54) is 12.3 Å². The summed E-state index contributed by atoms with van der Waals surface area (Å²) in [5.41, 5.74) is 6.32. The Balaban J connectivity index is 2.73. The van der Waals surface area contributed by atoms with E-state index in [2.05, 4.69) is 9.88 Å². The summed E-state index contributed by atoms with van der Waals surface area (Å²) in [5, 5.41) is 0. The molecule has 0 aromatic carbocycles. The third kappa shape index (κ3) is 2.75. The van der Waals surface area contributed by atoms with Gasteiger partial charge in [0.05, 0.1) is 6.20 Å². The molecule has 3 nitrogen and oxygen atoms in total. The molecule has 0 radical (unpaired) electrons. The molecule has 1 aromatic rings. The molecule has 1 heterocycles. The first kappa shape index (κ1) is 11.1. The lowest BCUT2D eigenvalue weighted by Crippen LogP contribution is -2.28. The molecule has 2 N–H and O–H groups in total. The Morgan fingerprint density at radius 1 is 1.57 bits per heavy atom. The highest BCUT2D eigenvalue weighted by molar-refractivity contribution is 5.14. The zero-order chi connectivity index (χ0) is 10.6. The van der Waals surface area contributed by atoms with Crippen LogP contribution < -0.4 is 5.73 Å². The normalized spacial score (nSPS) is 13.2. The van der Waals surface area contributed by atoms with Gasteiger partial charge in [0.2, 0.25) is 0 Å². The Labute approximate surface area is 83.7 Å². The lowest BCUT2D eigenvalue weighted by Gasteiger charge is -2.23. The summed E-state index contributed by atoms with van der Waals surface area (Å²) in [5.74, 6) is -0.296. The van der Waals surface area contributed by atoms with Crippen LogP contribution in [0, 0.1) is 5.82 Å². The monoisotopic (exact) mass is 197 g/mol. The fourth-order valence-electron chi connectivity index (χ4n) is 1.31. The average molecular weight is 197 g/mol. The van der Waals surface area contributed by atoms with Crippen LogP contribution in [0.25, 0.3) is 0 Å². The molecule has 78 valence electrons. The smallest absolute Gasteiger partial charge is 0.141 e. The second-order valence-corrected chi connectivity index (χ2v) is 3.38. The van der Waals surface area contributed by atoms with E-state index in [-0.39, 0.29) is 11.9 Å². The van der Waals surface area contributed by atoms with Gasteiger partial charge in [-0.3, -0.25) is 9.88 Å². The number of pyridine rings is 1. The summed E-state index contributed by atoms with van der Waals surface area (Å²) in [4.78, 5) is 5.88. The summed E-state index contributed by atoms with van der Waals surface area (Å²) in [6, 6.07) is 1.65. The topological polar surface area (TPSA) is 42.2 Å². The van der Waals surface area contributed by atoms with Gasteiger partial charge in [0.1, 0.15) is 5.82 Å². The molecule has 0 saturated heterocycles. The Morgan fingerprint density at radius 3 is 2.86 bits per heavy atom. The van der Waals surface area contributed by atoms with E-state index in [4.69, 9.17) is 5.73 Å². The summed E-state index contributed by atoms with van der Waals surface area (Å²) < 4.78 is 12.9. The van der Waals surface area contributed by atoms with E-state index < -0.39 is 0 Å². The molecule has 1 rings (SSSR count). The molecule has 0 saturated carbocycles. The predicted molar refractivity (Wildman–Crippen MR) is 54.3 cm³/mol. The van der Waals surface area contributed by atoms with Crippen LogP contribution in [0.3, 0.4) is 0 Å². The number of halogens is 1. The third-order valence-electron chi connectivity index (χ3n) is 2.35. The maximum Gasteiger partial charge on any atom is 0.141 e. The maximum atomic E-state index is 12.9. The van der Waals surface area contributed by atoms with Crippen LogP contribution in [-0.2, 0) is 0 Å². The fourth-order valence-corrected chi connectivity index (χ4v) is 1.31. The van der Waals surface area contributed by atoms with Crippen LogP contribution in [0.2, 0.25) is 0 Å². The minimum absolute atomic E-state index is 0.141. The van der Waals surface area contributed by atoms with Crippen LogP contribution in [0.5, 0.6) is 0 Å². The quantitative estimate of drug-likeness (QED) is 0.788. The molecule has 0 bridgehead atoms. The van der Waals surface area contributed by atoms with Crippen molar-refractivity contribution in [3.63, 3.8) is 0 Å². The highest BCUT2D eigenvalue weighted by Gasteiger charge is 2.11. The minimum Gasteiger partial charge on any atom is -0.329 e. The summed E-state index contributed by atoms with van der Waals surface area (Å²) >= 11 is 0. The molecule has 1 aromatic heterocycles. The molecule has 0 spiro atoms. The summed E-state index contributed by atoms with van der Waals surface area (Å²) in [6.45, 7) is 3.40. The first-order chi connectivity index (χ1) is 6.65. The van der Waals surface area contributed by atoms with Crippen molar-refractivity contribution >= 4 is 0 Å². The summed E-state index contributed by atoms with van der Waals surface area (Å²) in [7, 11) is 1.96. The van der Waals surface area contributed by atoms with Gasteiger partial charge in [-0.05, 0) is 25.6 Å². The van der Waals surface area contributed by atoms with E-state index in [1.807, 2.05) is 14.0 Å². The molecule has 0 amide bonds. The molecule has 0 fully saturated rings. The van der Waals surface area contributed by atoms with Gasteiger partial charge in [-0.15, -0.1) is 0 Å². The van der Waals surface area contributed by atoms with Crippen LogP contribution in [-0.4, -0.2) is 30.0 Å². The molecule has 1 atom stereocenters. The first-order valence-electron chi connectivity index (χ1n) is 4.66. The van der Waals surface area contributed by atoms with Crippen molar-refractivity contribution in [2.45, 2.75) is 13.0 Å². The Hall–Kier alpha value is -1.00. The molecule has 1 unspecified atom stereocenters. The molecular formula is C10H16FN3. The van der Waals surface area contributed by atoms with Crippen molar-refractivity contribution in [3.05, 3.63) is 29.8 Å². The number of aromatic nitrogens is 1. The second kappa shape index (κ2) is 5.02. The maximum absolute atomic E-state index is 12.9. The largest absolute Gasteiger partial charge is 0.329 e. The number of nitrogens with zero attached hydrogens (tertiary/aromatic N) is 2. The highest BCUT2D eigenvalue weighted by Crippen LogP contribution is 2.17. The number of hydrogen-bond donors (Lipinski definition) is 1. The van der Waals surface area contributed by atoms with Gasteiger partial charge < -0.3 is 5.73 Å². The van der Waals surface area contributed by atoms with E-state index in [0.29, 0.717) is 6.54 Å². The van der Waals surface area contributed by atoms with Gasteiger partial charge in [-0.2, -0.15) is 0 Å². The number of nitrogens with two attached hydrogens (primary N) is 1. The Bertz CT molecular complexity index is 290. The average Bonchev–Trinajstić information content (AvgIpc) is 2.17. The standard InChI is InChI=1S/C10H16FN3/c1-8(14(2)4-3-12)9-5-10(11)7-13-6-9/h5-8H,3-4,12H2,1-2H3. The van der Waals surface area contributed by atoms with Crippen LogP contribution in [0.4, 0.5) is 4.39 Å². The molecule has 0 aliphatic rings. The van der Waals surface area contributed by atoms with Crippen molar-refractivity contribution in [2.75, 3.05) is 20.1 Å². The molecular weight excluding hydrogens is 181 g/mol. The molecule has 0 aliphatic carbocycles. The van der Waals surface area contributed by atoms with Crippen LogP contribution in [0.1, 0.15) is 18.5 Å². The van der Waals surface area contributed by atoms with Gasteiger partial charge in [-0.1, -0.05) is 0 Å². The number of rotatable bonds is 4. The first-order valence-corrected chi connectivity index (χ1v) is 4.66. The SMILES string of the molecule is CC(c1cncc(F)c1)N(C)CCN. The predicted octanol–water partition coefficient (Wildman–Crippen LogP) is 1.17. The van der Waals surface area contributed by atoms with Crippen molar-refractivity contribution in [1.29, 1.82) is 0 Å². The minimum atomic E-state index is -0.296. The third-order valence-corrected chi connectivity index (χ3v) is 2.35. The number of hydrogen-bond acceptors (Lipinski definition) is 3. The van der Waals surface area contributed by atoms with Gasteiger partial charge in [-0.25, -0.2) is 4.39 Å². The van der Waals surface area contributed by atoms with E-state index in [9.17, 15) is 4.39 Å². The zero-order valence-corrected chi connectivity index (χ0v) is 8.57. The zero-order valence-electron chi connectivity index (χ0n) is 8.57. The second-order valence-electron chi connectivity index (χ2n) is 3.38. The van der Waals surface area contributed by atoms with E-state index in [0.717, 1.165) is 12.1 Å². The van der Waals surface area contributed by atoms with Gasteiger partial charge >= 0.3 is 0 Å². The van der Waals surface area contributed by atoms with Gasteiger partial charge in [0.15, 0.2) is 0 Å². The lowest BCUT2D eigenvalue weighted by molar-refractivity contribution is 0.268. The molecule has 0 aliphatic heterocycles. The highest BCUT2D eigenvalue weighted by atomic mass is 19.1. The Morgan fingerprint density at radius 2 is 2.29 bits per heavy atom. The van der Waals surface area contributed by atoms with Gasteiger partial charge in [0, 0.05) is 25.3 Å². The van der Waals surface area contributed by atoms with Crippen molar-refractivity contribution in [1.82, 2.24) is 9.88 Å². The van der Waals surface area contributed by atoms with Crippen LogP contribution >= 0.6 is 0 Å². The summed E-state index contributed by atoms with van der Waals surface area (Å²) in [6.07, 6.45) is 2.89. The lowest BCUT2D eigenvalue weighted by atomic mass is 10.1. The number of likely N-dealkylation sites (N-methyl/N-ethyl adjacent to an activating group) is 1. The molecule has 14 heavy (non-hydrogen) atoms. The Kier molecular flexibility index (Phi) is 3.98. The van der Waals surface area contributed by atoms with E-state index in [1.54, 1.807) is 6.20 Å². The van der Waals surface area contributed by atoms with Crippen molar-refractivity contribution in [3.8, 4) is 0 Å². The molecule has 4 heteroatoms. The van der Waals surface area contributed by atoms with Crippen LogP contribution in [0.15, 0.2) is 18.5 Å². The van der Waals surface area contributed by atoms with Gasteiger partial charge in [0.25, 0.3) is 0 Å².